The maximum absolute atomic E-state index is 12.9. The summed E-state index contributed by atoms with van der Waals surface area (Å²) in [4.78, 5) is 24.5. The molecule has 0 heterocycles. The van der Waals surface area contributed by atoms with E-state index in [1.165, 1.54) is 50.7 Å². The van der Waals surface area contributed by atoms with Crippen molar-refractivity contribution in [2.24, 2.45) is 23.2 Å². The lowest BCUT2D eigenvalue weighted by molar-refractivity contribution is -0.141. The van der Waals surface area contributed by atoms with Gasteiger partial charge in [-0.05, 0) is 92.7 Å². The van der Waals surface area contributed by atoms with Crippen LogP contribution in [-0.4, -0.2) is 24.4 Å². The van der Waals surface area contributed by atoms with Gasteiger partial charge in [0, 0.05) is 12.6 Å². The Morgan fingerprint density at radius 3 is 2.15 bits per heavy atom. The van der Waals surface area contributed by atoms with Gasteiger partial charge in [-0.1, -0.05) is 12.1 Å². The first kappa shape index (κ1) is 18.5. The molecule has 2 N–H and O–H groups in total. The highest BCUT2D eigenvalue weighted by Crippen LogP contribution is 2.61. The minimum absolute atomic E-state index is 0.0428. The molecule has 4 bridgehead atoms. The van der Waals surface area contributed by atoms with Gasteiger partial charge < -0.3 is 10.6 Å². The molecule has 27 heavy (non-hydrogen) atoms. The second-order valence-electron chi connectivity index (χ2n) is 9.11. The Hall–Kier alpha value is -1.91. The Balaban J connectivity index is 1.27. The number of amides is 2. The van der Waals surface area contributed by atoms with Crippen molar-refractivity contribution in [3.63, 3.8) is 0 Å². The molecule has 4 aliphatic carbocycles. The Bertz CT molecular complexity index is 680. The maximum Gasteiger partial charge on any atom is 0.309 e. The van der Waals surface area contributed by atoms with Crippen LogP contribution in [0.4, 0.5) is 4.39 Å². The van der Waals surface area contributed by atoms with E-state index in [2.05, 4.69) is 17.6 Å². The molecule has 4 aliphatic rings. The fourth-order valence-corrected chi connectivity index (χ4v) is 6.17. The molecule has 4 saturated carbocycles. The number of hydrogen-bond donors (Lipinski definition) is 2. The molecular formula is C22H29FN2O2. The number of carbonyl (C=O) groups excluding carboxylic acids is 2. The second kappa shape index (κ2) is 7.25. The first-order valence-corrected chi connectivity index (χ1v) is 10.3. The van der Waals surface area contributed by atoms with Crippen LogP contribution in [0.3, 0.4) is 0 Å². The highest BCUT2D eigenvalue weighted by molar-refractivity contribution is 6.35. The standard InChI is InChI=1S/C22H29FN2O2/c1-14(22-11-16-8-17(12-22)10-18(9-16)13-22)25-21(27)20(26)24-7-6-15-2-4-19(23)5-3-15/h2-5,14,16-18H,6-13H2,1H3,(H,24,26)(H,25,27). The molecule has 1 aromatic carbocycles. The normalized spacial score (nSPS) is 32.1. The zero-order valence-corrected chi connectivity index (χ0v) is 16.0. The van der Waals surface area contributed by atoms with E-state index < -0.39 is 11.8 Å². The number of rotatable bonds is 5. The lowest BCUT2D eigenvalue weighted by atomic mass is 9.48. The van der Waals surface area contributed by atoms with Crippen LogP contribution in [0.2, 0.25) is 0 Å². The summed E-state index contributed by atoms with van der Waals surface area (Å²) in [5.41, 5.74) is 1.12. The largest absolute Gasteiger partial charge is 0.348 e. The van der Waals surface area contributed by atoms with Gasteiger partial charge >= 0.3 is 11.8 Å². The monoisotopic (exact) mass is 372 g/mol. The van der Waals surface area contributed by atoms with Crippen molar-refractivity contribution in [1.82, 2.24) is 10.6 Å². The minimum Gasteiger partial charge on any atom is -0.348 e. The quantitative estimate of drug-likeness (QED) is 0.780. The van der Waals surface area contributed by atoms with Crippen LogP contribution in [-0.2, 0) is 16.0 Å². The number of hydrogen-bond acceptors (Lipinski definition) is 2. The topological polar surface area (TPSA) is 58.2 Å². The predicted octanol–water partition coefficient (Wildman–Crippen LogP) is 3.21. The van der Waals surface area contributed by atoms with Gasteiger partial charge in [-0.3, -0.25) is 9.59 Å². The summed E-state index contributed by atoms with van der Waals surface area (Å²) in [6.07, 6.45) is 8.27. The number of carbonyl (C=O) groups is 2. The van der Waals surface area contributed by atoms with Gasteiger partial charge in [0.15, 0.2) is 0 Å². The van der Waals surface area contributed by atoms with Crippen molar-refractivity contribution in [3.05, 3.63) is 35.6 Å². The zero-order valence-electron chi connectivity index (χ0n) is 16.0. The van der Waals surface area contributed by atoms with Crippen molar-refractivity contribution < 1.29 is 14.0 Å². The van der Waals surface area contributed by atoms with Crippen molar-refractivity contribution in [2.45, 2.75) is 57.9 Å². The summed E-state index contributed by atoms with van der Waals surface area (Å²) >= 11 is 0. The first-order valence-electron chi connectivity index (χ1n) is 10.3. The summed E-state index contributed by atoms with van der Waals surface area (Å²) < 4.78 is 12.9. The van der Waals surface area contributed by atoms with Crippen LogP contribution >= 0.6 is 0 Å². The number of benzene rings is 1. The molecule has 1 aromatic rings. The molecule has 4 fully saturated rings. The van der Waals surface area contributed by atoms with Crippen LogP contribution in [0.1, 0.15) is 51.0 Å². The van der Waals surface area contributed by atoms with Gasteiger partial charge in [0.1, 0.15) is 5.82 Å². The molecule has 146 valence electrons. The molecule has 5 rings (SSSR count). The van der Waals surface area contributed by atoms with Crippen LogP contribution in [0, 0.1) is 29.0 Å². The Labute approximate surface area is 160 Å². The van der Waals surface area contributed by atoms with Gasteiger partial charge in [0.05, 0.1) is 0 Å². The zero-order chi connectivity index (χ0) is 19.0. The molecule has 0 radical (unpaired) electrons. The van der Waals surface area contributed by atoms with E-state index in [1.54, 1.807) is 12.1 Å². The molecule has 5 heteroatoms. The third-order valence-corrected chi connectivity index (χ3v) is 7.17. The molecule has 1 unspecified atom stereocenters. The van der Waals surface area contributed by atoms with Gasteiger partial charge in [-0.2, -0.15) is 0 Å². The Morgan fingerprint density at radius 1 is 1.04 bits per heavy atom. The van der Waals surface area contributed by atoms with Crippen LogP contribution in [0.5, 0.6) is 0 Å². The third-order valence-electron chi connectivity index (χ3n) is 7.17. The Kier molecular flexibility index (Phi) is 4.95. The highest BCUT2D eigenvalue weighted by Gasteiger charge is 2.53. The molecular weight excluding hydrogens is 343 g/mol. The van der Waals surface area contributed by atoms with Crippen molar-refractivity contribution in [1.29, 1.82) is 0 Å². The van der Waals surface area contributed by atoms with Crippen LogP contribution < -0.4 is 10.6 Å². The molecule has 0 spiro atoms. The van der Waals surface area contributed by atoms with Crippen LogP contribution in [0.15, 0.2) is 24.3 Å². The fourth-order valence-electron chi connectivity index (χ4n) is 6.17. The van der Waals surface area contributed by atoms with E-state index in [1.807, 2.05) is 0 Å². The van der Waals surface area contributed by atoms with E-state index in [-0.39, 0.29) is 17.3 Å². The average Bonchev–Trinajstić information content (AvgIpc) is 2.62. The van der Waals surface area contributed by atoms with Gasteiger partial charge in [-0.15, -0.1) is 0 Å². The van der Waals surface area contributed by atoms with Crippen LogP contribution in [0.25, 0.3) is 0 Å². The SMILES string of the molecule is CC(NC(=O)C(=O)NCCc1ccc(F)cc1)C12CC3CC(CC(C3)C1)C2. The van der Waals surface area contributed by atoms with E-state index in [0.29, 0.717) is 13.0 Å². The fraction of sp³-hybridized carbons (Fsp3) is 0.636. The predicted molar refractivity (Wildman–Crippen MR) is 101 cm³/mol. The summed E-state index contributed by atoms with van der Waals surface area (Å²) in [5.74, 6) is 1.08. The molecule has 0 aromatic heterocycles. The van der Waals surface area contributed by atoms with E-state index in [0.717, 1.165) is 23.3 Å². The lowest BCUT2D eigenvalue weighted by Gasteiger charge is -2.59. The highest BCUT2D eigenvalue weighted by atomic mass is 19.1. The number of nitrogens with one attached hydrogen (secondary N) is 2. The molecule has 1 atom stereocenters. The summed E-state index contributed by atoms with van der Waals surface area (Å²) in [7, 11) is 0. The molecule has 4 nitrogen and oxygen atoms in total. The Morgan fingerprint density at radius 2 is 1.59 bits per heavy atom. The maximum atomic E-state index is 12.9. The minimum atomic E-state index is -0.575. The third kappa shape index (κ3) is 3.87. The van der Waals surface area contributed by atoms with Gasteiger partial charge in [0.2, 0.25) is 0 Å². The second-order valence-corrected chi connectivity index (χ2v) is 9.11. The average molecular weight is 372 g/mol. The van der Waals surface area contributed by atoms with E-state index in [4.69, 9.17) is 0 Å². The van der Waals surface area contributed by atoms with Crippen molar-refractivity contribution in [3.8, 4) is 0 Å². The van der Waals surface area contributed by atoms with Gasteiger partial charge in [-0.25, -0.2) is 4.39 Å². The molecule has 0 saturated heterocycles. The summed E-state index contributed by atoms with van der Waals surface area (Å²) in [5, 5.41) is 5.67. The smallest absolute Gasteiger partial charge is 0.309 e. The van der Waals surface area contributed by atoms with Gasteiger partial charge in [0.25, 0.3) is 0 Å². The van der Waals surface area contributed by atoms with Crippen molar-refractivity contribution in [2.75, 3.05) is 6.54 Å². The van der Waals surface area contributed by atoms with E-state index in [9.17, 15) is 14.0 Å². The number of halogens is 1. The molecule has 2 amide bonds. The van der Waals surface area contributed by atoms with Crippen molar-refractivity contribution >= 4 is 11.8 Å². The van der Waals surface area contributed by atoms with E-state index >= 15 is 0 Å². The summed E-state index contributed by atoms with van der Waals surface area (Å²) in [6, 6.07) is 6.22. The summed E-state index contributed by atoms with van der Waals surface area (Å²) in [6.45, 7) is 2.44. The lowest BCUT2D eigenvalue weighted by Crippen LogP contribution is -2.57. The molecule has 0 aliphatic heterocycles. The first-order chi connectivity index (χ1) is 12.9.